The van der Waals surface area contributed by atoms with Crippen LogP contribution in [0.3, 0.4) is 0 Å². The summed E-state index contributed by atoms with van der Waals surface area (Å²) >= 11 is 0. The average Bonchev–Trinajstić information content (AvgIpc) is 2.40. The molecule has 5 heteroatoms. The van der Waals surface area contributed by atoms with E-state index in [-0.39, 0.29) is 11.3 Å². The summed E-state index contributed by atoms with van der Waals surface area (Å²) in [6.07, 6.45) is 0. The Kier molecular flexibility index (Phi) is 3.98. The van der Waals surface area contributed by atoms with Crippen molar-refractivity contribution in [3.8, 4) is 0 Å². The fraction of sp³-hybridized carbons (Fsp3) is 0.133. The first-order valence-corrected chi connectivity index (χ1v) is 6.03. The summed E-state index contributed by atoms with van der Waals surface area (Å²) in [7, 11) is 0. The van der Waals surface area contributed by atoms with Gasteiger partial charge in [-0.15, -0.1) is 0 Å². The number of benzene rings is 2. The molecule has 0 bridgehead atoms. The maximum atomic E-state index is 13.8. The lowest BCUT2D eigenvalue weighted by atomic mass is 10.1. The Bertz CT molecular complexity index is 644. The van der Waals surface area contributed by atoms with Crippen LogP contribution in [0.5, 0.6) is 0 Å². The van der Waals surface area contributed by atoms with Crippen molar-refractivity contribution in [3.63, 3.8) is 0 Å². The Morgan fingerprint density at radius 1 is 1.20 bits per heavy atom. The third-order valence-corrected chi connectivity index (χ3v) is 2.95. The number of carboxylic acids is 1. The van der Waals surface area contributed by atoms with Gasteiger partial charge in [-0.2, -0.15) is 0 Å². The zero-order valence-corrected chi connectivity index (χ0v) is 10.7. The molecule has 0 fully saturated rings. The van der Waals surface area contributed by atoms with Gasteiger partial charge in [-0.1, -0.05) is 18.2 Å². The maximum Gasteiger partial charge on any atom is 0.337 e. The molecule has 0 aliphatic rings. The highest BCUT2D eigenvalue weighted by Gasteiger charge is 2.16. The smallest absolute Gasteiger partial charge is 0.337 e. The van der Waals surface area contributed by atoms with Gasteiger partial charge in [0, 0.05) is 6.04 Å². The van der Waals surface area contributed by atoms with Crippen LogP contribution in [0.1, 0.15) is 28.9 Å². The molecule has 20 heavy (non-hydrogen) atoms. The van der Waals surface area contributed by atoms with Crippen LogP contribution in [-0.2, 0) is 0 Å². The number of carboxylic acid groups (broad SMARTS) is 1. The van der Waals surface area contributed by atoms with Gasteiger partial charge in [0.15, 0.2) is 0 Å². The monoisotopic (exact) mass is 277 g/mol. The molecule has 0 heterocycles. The van der Waals surface area contributed by atoms with Crippen molar-refractivity contribution in [3.05, 3.63) is 65.2 Å². The number of para-hydroxylation sites is 1. The second kappa shape index (κ2) is 5.69. The van der Waals surface area contributed by atoms with Crippen LogP contribution >= 0.6 is 0 Å². The minimum absolute atomic E-state index is 0.100. The number of halogens is 2. The van der Waals surface area contributed by atoms with Gasteiger partial charge in [-0.25, -0.2) is 13.6 Å². The molecule has 0 aromatic heterocycles. The topological polar surface area (TPSA) is 49.3 Å². The Hall–Kier alpha value is -2.43. The second-order valence-corrected chi connectivity index (χ2v) is 4.39. The molecule has 1 atom stereocenters. The van der Waals surface area contributed by atoms with E-state index in [1.54, 1.807) is 19.1 Å². The van der Waals surface area contributed by atoms with Crippen molar-refractivity contribution < 1.29 is 18.7 Å². The predicted molar refractivity (Wildman–Crippen MR) is 71.8 cm³/mol. The molecule has 0 saturated heterocycles. The van der Waals surface area contributed by atoms with Crippen LogP contribution in [0.2, 0.25) is 0 Å². The van der Waals surface area contributed by atoms with E-state index in [2.05, 4.69) is 5.32 Å². The third kappa shape index (κ3) is 2.93. The van der Waals surface area contributed by atoms with E-state index < -0.39 is 23.6 Å². The first kappa shape index (κ1) is 14.0. The van der Waals surface area contributed by atoms with E-state index in [0.29, 0.717) is 5.56 Å². The van der Waals surface area contributed by atoms with Crippen LogP contribution in [0.25, 0.3) is 0 Å². The predicted octanol–water partition coefficient (Wildman–Crippen LogP) is 3.84. The van der Waals surface area contributed by atoms with Gasteiger partial charge in [0.05, 0.1) is 11.3 Å². The van der Waals surface area contributed by atoms with Crippen LogP contribution in [0.4, 0.5) is 14.5 Å². The van der Waals surface area contributed by atoms with Crippen LogP contribution in [-0.4, -0.2) is 11.1 Å². The molecule has 104 valence electrons. The van der Waals surface area contributed by atoms with Gasteiger partial charge in [0.1, 0.15) is 11.6 Å². The van der Waals surface area contributed by atoms with Crippen LogP contribution < -0.4 is 5.32 Å². The first-order chi connectivity index (χ1) is 9.49. The number of carbonyl (C=O) groups is 1. The molecule has 0 aliphatic heterocycles. The fourth-order valence-electron chi connectivity index (χ4n) is 1.92. The van der Waals surface area contributed by atoms with Crippen molar-refractivity contribution in [2.45, 2.75) is 13.0 Å². The number of anilines is 1. The Morgan fingerprint density at radius 2 is 1.90 bits per heavy atom. The number of hydrogen-bond acceptors (Lipinski definition) is 2. The summed E-state index contributed by atoms with van der Waals surface area (Å²) in [5, 5.41) is 11.8. The van der Waals surface area contributed by atoms with E-state index in [1.807, 2.05) is 0 Å². The fourth-order valence-corrected chi connectivity index (χ4v) is 1.92. The summed E-state index contributed by atoms with van der Waals surface area (Å²) in [5.41, 5.74) is 0.342. The van der Waals surface area contributed by atoms with Crippen molar-refractivity contribution in [1.29, 1.82) is 0 Å². The van der Waals surface area contributed by atoms with E-state index in [1.165, 1.54) is 30.3 Å². The van der Waals surface area contributed by atoms with Gasteiger partial charge in [0.2, 0.25) is 0 Å². The number of hydrogen-bond donors (Lipinski definition) is 2. The van der Waals surface area contributed by atoms with Crippen LogP contribution in [0.15, 0.2) is 42.5 Å². The van der Waals surface area contributed by atoms with Gasteiger partial charge in [-0.3, -0.25) is 0 Å². The molecule has 3 nitrogen and oxygen atoms in total. The zero-order chi connectivity index (χ0) is 14.7. The lowest BCUT2D eigenvalue weighted by Crippen LogP contribution is -2.12. The summed E-state index contributed by atoms with van der Waals surface area (Å²) in [6, 6.07) is 9.24. The lowest BCUT2D eigenvalue weighted by Gasteiger charge is -2.18. The minimum Gasteiger partial charge on any atom is -0.478 e. The zero-order valence-electron chi connectivity index (χ0n) is 10.7. The molecule has 2 N–H and O–H groups in total. The van der Waals surface area contributed by atoms with Crippen molar-refractivity contribution >= 4 is 11.7 Å². The number of nitrogens with one attached hydrogen (secondary N) is 1. The summed E-state index contributed by atoms with van der Waals surface area (Å²) < 4.78 is 26.9. The molecule has 0 radical (unpaired) electrons. The first-order valence-electron chi connectivity index (χ1n) is 6.03. The molecule has 2 aromatic rings. The third-order valence-electron chi connectivity index (χ3n) is 2.95. The summed E-state index contributed by atoms with van der Waals surface area (Å²) in [5.74, 6) is -2.28. The lowest BCUT2D eigenvalue weighted by molar-refractivity contribution is 0.0697. The van der Waals surface area contributed by atoms with E-state index in [9.17, 15) is 13.6 Å². The maximum absolute atomic E-state index is 13.8. The van der Waals surface area contributed by atoms with Crippen molar-refractivity contribution in [2.24, 2.45) is 0 Å². The van der Waals surface area contributed by atoms with E-state index in [0.717, 1.165) is 0 Å². The quantitative estimate of drug-likeness (QED) is 0.892. The molecule has 0 aliphatic carbocycles. The van der Waals surface area contributed by atoms with E-state index in [4.69, 9.17) is 5.11 Å². The molecule has 2 rings (SSSR count). The second-order valence-electron chi connectivity index (χ2n) is 4.39. The molecular formula is C15H13F2NO2. The van der Waals surface area contributed by atoms with Gasteiger partial charge in [-0.05, 0) is 36.8 Å². The van der Waals surface area contributed by atoms with Gasteiger partial charge >= 0.3 is 5.97 Å². The Labute approximate surface area is 114 Å². The summed E-state index contributed by atoms with van der Waals surface area (Å²) in [4.78, 5) is 11.1. The number of rotatable bonds is 4. The molecule has 2 aromatic carbocycles. The standard InChI is InChI=1S/C15H13F2NO2/c1-9(10-4-2-5-11(16)8-10)18-14-12(15(19)20)6-3-7-13(14)17/h2-9,18H,1H3,(H,19,20). The molecular weight excluding hydrogens is 264 g/mol. The minimum atomic E-state index is -1.22. The highest BCUT2D eigenvalue weighted by atomic mass is 19.1. The SMILES string of the molecule is CC(Nc1c(F)cccc1C(=O)O)c1cccc(F)c1. The highest BCUT2D eigenvalue weighted by molar-refractivity contribution is 5.94. The summed E-state index contributed by atoms with van der Waals surface area (Å²) in [6.45, 7) is 1.70. The highest BCUT2D eigenvalue weighted by Crippen LogP contribution is 2.25. The molecule has 0 amide bonds. The van der Waals surface area contributed by atoms with Crippen LogP contribution in [0, 0.1) is 11.6 Å². The normalized spacial score (nSPS) is 11.9. The number of aromatic carboxylic acids is 1. The van der Waals surface area contributed by atoms with Gasteiger partial charge < -0.3 is 10.4 Å². The largest absolute Gasteiger partial charge is 0.478 e. The van der Waals surface area contributed by atoms with E-state index >= 15 is 0 Å². The van der Waals surface area contributed by atoms with Crippen molar-refractivity contribution in [1.82, 2.24) is 0 Å². The Morgan fingerprint density at radius 3 is 2.55 bits per heavy atom. The van der Waals surface area contributed by atoms with Gasteiger partial charge in [0.25, 0.3) is 0 Å². The molecule has 0 spiro atoms. The Balaban J connectivity index is 2.32. The average molecular weight is 277 g/mol. The molecule has 1 unspecified atom stereocenters. The molecule has 0 saturated carbocycles. The van der Waals surface area contributed by atoms with Crippen molar-refractivity contribution in [2.75, 3.05) is 5.32 Å².